The van der Waals surface area contributed by atoms with E-state index in [1.807, 2.05) is 60.7 Å². The van der Waals surface area contributed by atoms with Crippen LogP contribution >= 0.6 is 15.9 Å². The fourth-order valence-electron chi connectivity index (χ4n) is 3.65. The highest BCUT2D eigenvalue weighted by Gasteiger charge is 2.49. The highest BCUT2D eigenvalue weighted by Crippen LogP contribution is 2.48. The summed E-state index contributed by atoms with van der Waals surface area (Å²) in [4.78, 5) is 13.2. The first-order valence-corrected chi connectivity index (χ1v) is 10.5. The van der Waals surface area contributed by atoms with E-state index in [1.165, 1.54) is 0 Å². The number of Topliss-reactive ketones (excluding diaryl/α,β-unsaturated/α-hetero) is 1. The van der Waals surface area contributed by atoms with Crippen LogP contribution in [0.15, 0.2) is 71.2 Å². The van der Waals surface area contributed by atoms with Crippen molar-refractivity contribution in [3.05, 3.63) is 93.5 Å². The van der Waals surface area contributed by atoms with Crippen LogP contribution in [0.25, 0.3) is 0 Å². The molecule has 2 aliphatic heterocycles. The molecule has 2 heterocycles. The number of ketones is 1. The molecule has 5 nitrogen and oxygen atoms in total. The van der Waals surface area contributed by atoms with Crippen molar-refractivity contribution in [2.75, 3.05) is 6.79 Å². The molecule has 0 radical (unpaired) electrons. The second-order valence-corrected chi connectivity index (χ2v) is 8.12. The first-order valence-electron chi connectivity index (χ1n) is 9.69. The molecule has 0 amide bonds. The molecule has 5 rings (SSSR count). The predicted molar refractivity (Wildman–Crippen MR) is 114 cm³/mol. The molecule has 2 atom stereocenters. The molecule has 3 aromatic carbocycles. The third kappa shape index (κ3) is 3.86. The minimum absolute atomic E-state index is 0.0931. The van der Waals surface area contributed by atoms with Gasteiger partial charge in [0.15, 0.2) is 18.7 Å². The number of carbonyl (C=O) groups excluding carboxylic acids is 1. The molecule has 0 spiro atoms. The number of hydrogen-bond acceptors (Lipinski definition) is 5. The van der Waals surface area contributed by atoms with Gasteiger partial charge in [0, 0.05) is 15.6 Å². The summed E-state index contributed by atoms with van der Waals surface area (Å²) in [5, 5.41) is 0. The van der Waals surface area contributed by atoms with E-state index < -0.39 is 6.10 Å². The van der Waals surface area contributed by atoms with Crippen LogP contribution in [0.3, 0.4) is 0 Å². The number of hydrogen-bond donors (Lipinski definition) is 0. The molecule has 2 aliphatic rings. The number of rotatable bonds is 6. The SMILES string of the molecule is O=C(c1ccccc1OCc1ccccc1)[C@@H]1O[C@@H]1c1cc(Br)cc2c1OCOC2. The molecule has 3 aromatic rings. The number of para-hydroxylation sites is 1. The molecule has 0 aliphatic carbocycles. The van der Waals surface area contributed by atoms with Crippen LogP contribution in [0.2, 0.25) is 0 Å². The molecule has 0 N–H and O–H groups in total. The second kappa shape index (κ2) is 8.22. The van der Waals surface area contributed by atoms with E-state index >= 15 is 0 Å². The Balaban J connectivity index is 1.35. The van der Waals surface area contributed by atoms with Gasteiger partial charge in [0.1, 0.15) is 24.2 Å². The van der Waals surface area contributed by atoms with Crippen molar-refractivity contribution >= 4 is 21.7 Å². The summed E-state index contributed by atoms with van der Waals surface area (Å²) in [6, 6.07) is 21.1. The van der Waals surface area contributed by atoms with Crippen LogP contribution in [0.1, 0.15) is 33.2 Å². The van der Waals surface area contributed by atoms with Crippen LogP contribution in [0, 0.1) is 0 Å². The summed E-state index contributed by atoms with van der Waals surface area (Å²) in [6.45, 7) is 1.07. The van der Waals surface area contributed by atoms with Crippen LogP contribution in [0.5, 0.6) is 11.5 Å². The Bertz CT molecular complexity index is 1080. The maximum atomic E-state index is 13.2. The molecule has 30 heavy (non-hydrogen) atoms. The molecule has 1 fully saturated rings. The van der Waals surface area contributed by atoms with Gasteiger partial charge in [-0.3, -0.25) is 4.79 Å². The fraction of sp³-hybridized carbons (Fsp3) is 0.208. The van der Waals surface area contributed by atoms with Crippen LogP contribution < -0.4 is 9.47 Å². The average molecular weight is 467 g/mol. The zero-order valence-electron chi connectivity index (χ0n) is 16.0. The Morgan fingerprint density at radius 3 is 2.73 bits per heavy atom. The topological polar surface area (TPSA) is 57.3 Å². The van der Waals surface area contributed by atoms with Gasteiger partial charge >= 0.3 is 0 Å². The Kier molecular flexibility index (Phi) is 5.29. The van der Waals surface area contributed by atoms with Crippen LogP contribution in [0.4, 0.5) is 0 Å². The Morgan fingerprint density at radius 1 is 1.07 bits per heavy atom. The normalized spacial score (nSPS) is 19.5. The summed E-state index contributed by atoms with van der Waals surface area (Å²) in [5.74, 6) is 1.21. The molecule has 1 saturated heterocycles. The van der Waals surface area contributed by atoms with E-state index in [0.717, 1.165) is 26.9 Å². The van der Waals surface area contributed by atoms with Crippen molar-refractivity contribution in [2.24, 2.45) is 0 Å². The maximum Gasteiger partial charge on any atom is 0.198 e. The Hall–Kier alpha value is -2.67. The van der Waals surface area contributed by atoms with E-state index in [4.69, 9.17) is 18.9 Å². The maximum absolute atomic E-state index is 13.2. The number of epoxide rings is 1. The number of ether oxygens (including phenoxy) is 4. The third-order valence-corrected chi connectivity index (χ3v) is 5.61. The van der Waals surface area contributed by atoms with Crippen molar-refractivity contribution in [3.63, 3.8) is 0 Å². The predicted octanol–water partition coefficient (Wildman–Crippen LogP) is 5.22. The number of halogens is 1. The molecular formula is C24H19BrO5. The minimum Gasteiger partial charge on any atom is -0.488 e. The summed E-state index contributed by atoms with van der Waals surface area (Å²) >= 11 is 3.52. The lowest BCUT2D eigenvalue weighted by molar-refractivity contribution is -0.0173. The van der Waals surface area contributed by atoms with Crippen molar-refractivity contribution in [2.45, 2.75) is 25.4 Å². The average Bonchev–Trinajstić information content (AvgIpc) is 3.58. The monoisotopic (exact) mass is 466 g/mol. The number of carbonyl (C=O) groups is 1. The Labute approximate surface area is 182 Å². The van der Waals surface area contributed by atoms with Gasteiger partial charge < -0.3 is 18.9 Å². The van der Waals surface area contributed by atoms with Crippen molar-refractivity contribution in [1.29, 1.82) is 0 Å². The van der Waals surface area contributed by atoms with Crippen molar-refractivity contribution in [1.82, 2.24) is 0 Å². The largest absolute Gasteiger partial charge is 0.488 e. The van der Waals surface area contributed by atoms with Crippen molar-refractivity contribution < 1.29 is 23.7 Å². The molecule has 0 saturated carbocycles. The summed E-state index contributed by atoms with van der Waals surface area (Å²) in [6.07, 6.45) is -0.902. The third-order valence-electron chi connectivity index (χ3n) is 5.15. The zero-order valence-corrected chi connectivity index (χ0v) is 17.6. The van der Waals surface area contributed by atoms with E-state index in [-0.39, 0.29) is 18.7 Å². The van der Waals surface area contributed by atoms with E-state index in [2.05, 4.69) is 15.9 Å². The quantitative estimate of drug-likeness (QED) is 0.368. The number of fused-ring (bicyclic) bond motifs is 1. The van der Waals surface area contributed by atoms with Gasteiger partial charge in [-0.15, -0.1) is 0 Å². The summed E-state index contributed by atoms with van der Waals surface area (Å²) in [7, 11) is 0. The highest BCUT2D eigenvalue weighted by atomic mass is 79.9. The number of benzene rings is 3. The van der Waals surface area contributed by atoms with Gasteiger partial charge in [0.2, 0.25) is 0 Å². The molecule has 0 unspecified atom stereocenters. The van der Waals surface area contributed by atoms with Crippen LogP contribution in [-0.2, 0) is 22.7 Å². The molecule has 0 bridgehead atoms. The lowest BCUT2D eigenvalue weighted by Gasteiger charge is -2.20. The first kappa shape index (κ1) is 19.3. The van der Waals surface area contributed by atoms with Gasteiger partial charge in [0.05, 0.1) is 12.2 Å². The first-order chi connectivity index (χ1) is 14.7. The van der Waals surface area contributed by atoms with E-state index in [9.17, 15) is 4.79 Å². The lowest BCUT2D eigenvalue weighted by Crippen LogP contribution is -2.14. The van der Waals surface area contributed by atoms with Gasteiger partial charge in [0.25, 0.3) is 0 Å². The molecule has 0 aromatic heterocycles. The van der Waals surface area contributed by atoms with Gasteiger partial charge in [-0.05, 0) is 29.8 Å². The second-order valence-electron chi connectivity index (χ2n) is 7.21. The zero-order chi connectivity index (χ0) is 20.5. The van der Waals surface area contributed by atoms with Gasteiger partial charge in [-0.2, -0.15) is 0 Å². The smallest absolute Gasteiger partial charge is 0.198 e. The lowest BCUT2D eigenvalue weighted by atomic mass is 9.99. The Morgan fingerprint density at radius 2 is 1.87 bits per heavy atom. The fourth-order valence-corrected chi connectivity index (χ4v) is 4.18. The minimum atomic E-state index is -0.559. The van der Waals surface area contributed by atoms with E-state index in [1.54, 1.807) is 6.07 Å². The van der Waals surface area contributed by atoms with Gasteiger partial charge in [-0.25, -0.2) is 0 Å². The summed E-state index contributed by atoms with van der Waals surface area (Å²) in [5.41, 5.74) is 3.37. The van der Waals surface area contributed by atoms with Gasteiger partial charge in [-0.1, -0.05) is 58.4 Å². The molecular weight excluding hydrogens is 448 g/mol. The standard InChI is InChI=1S/C24H19BrO5/c25-17-10-16-13-27-14-29-22(16)19(11-17)23-24(30-23)21(26)18-8-4-5-9-20(18)28-12-15-6-2-1-3-7-15/h1-11,23-24H,12-14H2/t23-,24+/m1/s1. The molecule has 6 heteroatoms. The van der Waals surface area contributed by atoms with Crippen molar-refractivity contribution in [3.8, 4) is 11.5 Å². The summed E-state index contributed by atoms with van der Waals surface area (Å²) < 4.78 is 23.7. The molecule has 152 valence electrons. The van der Waals surface area contributed by atoms with Crippen LogP contribution in [-0.4, -0.2) is 18.7 Å². The highest BCUT2D eigenvalue weighted by molar-refractivity contribution is 9.10. The van der Waals surface area contributed by atoms with E-state index in [0.29, 0.717) is 24.5 Å².